The Hall–Kier alpha value is -1.05. The Labute approximate surface area is 96.6 Å². The van der Waals surface area contributed by atoms with Crippen LogP contribution in [0.15, 0.2) is 0 Å². The van der Waals surface area contributed by atoms with Crippen LogP contribution in [0.3, 0.4) is 0 Å². The van der Waals surface area contributed by atoms with Crippen molar-refractivity contribution in [1.29, 1.82) is 0 Å². The van der Waals surface area contributed by atoms with Gasteiger partial charge in [0.25, 0.3) is 0 Å². The zero-order chi connectivity index (χ0) is 12.2. The summed E-state index contributed by atoms with van der Waals surface area (Å²) in [5, 5.41) is 8.74. The minimum Gasteiger partial charge on any atom is -0.480 e. The highest BCUT2D eigenvalue weighted by atomic mass is 16.5. The Morgan fingerprint density at radius 1 is 1.69 bits per heavy atom. The standard InChI is InChI=1S/C12H19NO3/c1-4-7-13(9-11(14)15)8-10-5-6-12(2,3)16-10/h1,10H,5-9H2,2-3H3,(H,14,15). The number of carboxylic acids is 1. The van der Waals surface area contributed by atoms with E-state index in [2.05, 4.69) is 19.8 Å². The number of hydrogen-bond acceptors (Lipinski definition) is 3. The van der Waals surface area contributed by atoms with E-state index in [1.54, 1.807) is 4.90 Å². The maximum Gasteiger partial charge on any atom is 0.317 e. The molecule has 16 heavy (non-hydrogen) atoms. The van der Waals surface area contributed by atoms with Crippen molar-refractivity contribution in [3.63, 3.8) is 0 Å². The SMILES string of the molecule is C#CCN(CC(=O)O)CC1CCC(C)(C)O1. The van der Waals surface area contributed by atoms with Gasteiger partial charge in [-0.25, -0.2) is 0 Å². The summed E-state index contributed by atoms with van der Waals surface area (Å²) < 4.78 is 5.80. The van der Waals surface area contributed by atoms with Crippen LogP contribution in [0.1, 0.15) is 26.7 Å². The number of aliphatic carboxylic acids is 1. The fourth-order valence-corrected chi connectivity index (χ4v) is 2.00. The molecule has 0 aromatic heterocycles. The lowest BCUT2D eigenvalue weighted by molar-refractivity contribution is -0.138. The van der Waals surface area contributed by atoms with Gasteiger partial charge in [0.1, 0.15) is 0 Å². The van der Waals surface area contributed by atoms with E-state index < -0.39 is 5.97 Å². The summed E-state index contributed by atoms with van der Waals surface area (Å²) in [6.45, 7) is 5.03. The van der Waals surface area contributed by atoms with Crippen LogP contribution in [0.25, 0.3) is 0 Å². The van der Waals surface area contributed by atoms with Gasteiger partial charge >= 0.3 is 5.97 Å². The molecule has 0 aliphatic carbocycles. The number of carboxylic acid groups (broad SMARTS) is 1. The zero-order valence-electron chi connectivity index (χ0n) is 9.90. The summed E-state index contributed by atoms with van der Waals surface area (Å²) in [6.07, 6.45) is 7.28. The van der Waals surface area contributed by atoms with Crippen LogP contribution >= 0.6 is 0 Å². The van der Waals surface area contributed by atoms with E-state index in [4.69, 9.17) is 16.3 Å². The second-order valence-electron chi connectivity index (χ2n) is 4.81. The van der Waals surface area contributed by atoms with Crippen LogP contribution in [0.2, 0.25) is 0 Å². The normalized spacial score (nSPS) is 23.2. The smallest absolute Gasteiger partial charge is 0.317 e. The Bertz CT molecular complexity index is 293. The lowest BCUT2D eigenvalue weighted by Gasteiger charge is -2.24. The van der Waals surface area contributed by atoms with Crippen molar-refractivity contribution in [2.75, 3.05) is 19.6 Å². The van der Waals surface area contributed by atoms with E-state index in [1.165, 1.54) is 0 Å². The van der Waals surface area contributed by atoms with Crippen molar-refractivity contribution in [1.82, 2.24) is 4.90 Å². The summed E-state index contributed by atoms with van der Waals surface area (Å²) in [5.74, 6) is 1.62. The molecule has 0 radical (unpaired) electrons. The van der Waals surface area contributed by atoms with Gasteiger partial charge in [0.15, 0.2) is 0 Å². The highest BCUT2D eigenvalue weighted by molar-refractivity contribution is 5.69. The average Bonchev–Trinajstić information content (AvgIpc) is 2.44. The number of nitrogens with zero attached hydrogens (tertiary/aromatic N) is 1. The molecule has 1 rings (SSSR count). The minimum atomic E-state index is -0.854. The molecule has 1 aliphatic rings. The van der Waals surface area contributed by atoms with E-state index in [0.717, 1.165) is 12.8 Å². The lowest BCUT2D eigenvalue weighted by Crippen LogP contribution is -2.37. The van der Waals surface area contributed by atoms with E-state index in [9.17, 15) is 4.79 Å². The predicted molar refractivity (Wildman–Crippen MR) is 61.1 cm³/mol. The first-order chi connectivity index (χ1) is 7.43. The molecule has 1 aliphatic heterocycles. The van der Waals surface area contributed by atoms with Crippen molar-refractivity contribution < 1.29 is 14.6 Å². The van der Waals surface area contributed by atoms with E-state index in [-0.39, 0.29) is 18.2 Å². The molecule has 0 spiro atoms. The molecular weight excluding hydrogens is 206 g/mol. The molecule has 0 bridgehead atoms. The van der Waals surface area contributed by atoms with Crippen LogP contribution in [-0.4, -0.2) is 47.3 Å². The number of hydrogen-bond donors (Lipinski definition) is 1. The monoisotopic (exact) mass is 225 g/mol. The third-order valence-corrected chi connectivity index (χ3v) is 2.69. The quantitative estimate of drug-likeness (QED) is 0.708. The second kappa shape index (κ2) is 5.33. The van der Waals surface area contributed by atoms with E-state index in [1.807, 2.05) is 0 Å². The highest BCUT2D eigenvalue weighted by Gasteiger charge is 2.32. The molecule has 0 aromatic rings. The van der Waals surface area contributed by atoms with Gasteiger partial charge in [-0.1, -0.05) is 5.92 Å². The molecule has 0 aromatic carbocycles. The first kappa shape index (κ1) is 13.0. The predicted octanol–water partition coefficient (Wildman–Crippen LogP) is 0.964. The molecule has 4 nitrogen and oxygen atoms in total. The fourth-order valence-electron chi connectivity index (χ4n) is 2.00. The van der Waals surface area contributed by atoms with Gasteiger partial charge in [0.05, 0.1) is 24.8 Å². The van der Waals surface area contributed by atoms with Crippen molar-refractivity contribution in [3.8, 4) is 12.3 Å². The maximum absolute atomic E-state index is 10.6. The fraction of sp³-hybridized carbons (Fsp3) is 0.750. The Kier molecular flexibility index (Phi) is 4.34. The summed E-state index contributed by atoms with van der Waals surface area (Å²) in [4.78, 5) is 12.4. The minimum absolute atomic E-state index is 0.0233. The van der Waals surface area contributed by atoms with Crippen molar-refractivity contribution in [2.45, 2.75) is 38.4 Å². The third kappa shape index (κ3) is 4.21. The van der Waals surface area contributed by atoms with Crippen LogP contribution < -0.4 is 0 Å². The van der Waals surface area contributed by atoms with Gasteiger partial charge in [-0.2, -0.15) is 0 Å². The van der Waals surface area contributed by atoms with Crippen LogP contribution in [0, 0.1) is 12.3 Å². The second-order valence-corrected chi connectivity index (χ2v) is 4.81. The average molecular weight is 225 g/mol. The third-order valence-electron chi connectivity index (χ3n) is 2.69. The molecule has 1 saturated heterocycles. The van der Waals surface area contributed by atoms with Crippen molar-refractivity contribution >= 4 is 5.97 Å². The van der Waals surface area contributed by atoms with Crippen LogP contribution in [0.4, 0.5) is 0 Å². The Morgan fingerprint density at radius 2 is 2.38 bits per heavy atom. The number of terminal acetylenes is 1. The summed E-state index contributed by atoms with van der Waals surface area (Å²) >= 11 is 0. The molecule has 1 fully saturated rings. The van der Waals surface area contributed by atoms with Gasteiger partial charge in [-0.05, 0) is 26.7 Å². The number of carbonyl (C=O) groups is 1. The molecule has 1 atom stereocenters. The van der Waals surface area contributed by atoms with Gasteiger partial charge < -0.3 is 9.84 Å². The molecule has 90 valence electrons. The van der Waals surface area contributed by atoms with Gasteiger partial charge in [-0.3, -0.25) is 9.69 Å². The van der Waals surface area contributed by atoms with Gasteiger partial charge in [0, 0.05) is 6.54 Å². The van der Waals surface area contributed by atoms with Crippen molar-refractivity contribution in [2.24, 2.45) is 0 Å². The Balaban J connectivity index is 2.44. The topological polar surface area (TPSA) is 49.8 Å². The van der Waals surface area contributed by atoms with Gasteiger partial charge in [0.2, 0.25) is 0 Å². The largest absolute Gasteiger partial charge is 0.480 e. The molecule has 1 heterocycles. The molecule has 1 N–H and O–H groups in total. The van der Waals surface area contributed by atoms with E-state index in [0.29, 0.717) is 13.1 Å². The molecule has 4 heteroatoms. The summed E-state index contributed by atoms with van der Waals surface area (Å²) in [5.41, 5.74) is -0.0876. The summed E-state index contributed by atoms with van der Waals surface area (Å²) in [7, 11) is 0. The van der Waals surface area contributed by atoms with Gasteiger partial charge in [-0.15, -0.1) is 6.42 Å². The van der Waals surface area contributed by atoms with Crippen LogP contribution in [-0.2, 0) is 9.53 Å². The molecule has 0 amide bonds. The lowest BCUT2D eigenvalue weighted by atomic mass is 10.1. The van der Waals surface area contributed by atoms with Crippen molar-refractivity contribution in [3.05, 3.63) is 0 Å². The van der Waals surface area contributed by atoms with E-state index >= 15 is 0 Å². The summed E-state index contributed by atoms with van der Waals surface area (Å²) in [6, 6.07) is 0. The zero-order valence-corrected chi connectivity index (χ0v) is 9.90. The maximum atomic E-state index is 10.6. The highest BCUT2D eigenvalue weighted by Crippen LogP contribution is 2.29. The van der Waals surface area contributed by atoms with Crippen LogP contribution in [0.5, 0.6) is 0 Å². The Morgan fingerprint density at radius 3 is 2.81 bits per heavy atom. The first-order valence-electron chi connectivity index (χ1n) is 5.48. The number of rotatable bonds is 5. The molecule has 0 saturated carbocycles. The number of ether oxygens (including phenoxy) is 1. The first-order valence-corrected chi connectivity index (χ1v) is 5.48. The molecule has 1 unspecified atom stereocenters. The molecular formula is C12H19NO3.